The molecule has 1 N–H and O–H groups in total. The van der Waals surface area contributed by atoms with Crippen molar-refractivity contribution in [2.24, 2.45) is 0 Å². The molecule has 0 spiro atoms. The molecule has 3 heteroatoms. The smallest absolute Gasteiger partial charge is 0.166 e. The lowest BCUT2D eigenvalue weighted by atomic mass is 10.0. The van der Waals surface area contributed by atoms with E-state index >= 15 is 0 Å². The molecule has 0 radical (unpaired) electrons. The third-order valence-electron chi connectivity index (χ3n) is 3.31. The van der Waals surface area contributed by atoms with Gasteiger partial charge in [-0.15, -0.1) is 0 Å². The van der Waals surface area contributed by atoms with Gasteiger partial charge in [0.15, 0.2) is 11.6 Å². The van der Waals surface area contributed by atoms with Gasteiger partial charge in [-0.25, -0.2) is 8.78 Å². The monoisotopic (exact) mass is 251 g/mol. The summed E-state index contributed by atoms with van der Waals surface area (Å²) in [6.07, 6.45) is 5.33. The Morgan fingerprint density at radius 1 is 1.33 bits per heavy atom. The Bertz CT molecular complexity index is 462. The molecule has 0 amide bonds. The molecular weight excluding hydrogens is 232 g/mol. The van der Waals surface area contributed by atoms with Crippen molar-refractivity contribution in [3.63, 3.8) is 0 Å². The predicted octanol–water partition coefficient (Wildman–Crippen LogP) is 3.82. The van der Waals surface area contributed by atoms with E-state index in [1.165, 1.54) is 12.8 Å². The molecular formula is C15H19F2N. The maximum Gasteiger partial charge on any atom is 0.166 e. The Morgan fingerprint density at radius 2 is 2.06 bits per heavy atom. The van der Waals surface area contributed by atoms with Gasteiger partial charge < -0.3 is 5.32 Å². The third kappa shape index (κ3) is 3.16. The van der Waals surface area contributed by atoms with Gasteiger partial charge in [0.05, 0.1) is 0 Å². The minimum atomic E-state index is -0.739. The Hall–Kier alpha value is -1.22. The second-order valence-corrected chi connectivity index (χ2v) is 4.96. The van der Waals surface area contributed by atoms with Crippen LogP contribution in [-0.4, -0.2) is 12.6 Å². The van der Waals surface area contributed by atoms with Gasteiger partial charge in [-0.1, -0.05) is 18.2 Å². The summed E-state index contributed by atoms with van der Waals surface area (Å²) in [5.41, 5.74) is 1.51. The van der Waals surface area contributed by atoms with E-state index in [0.29, 0.717) is 17.2 Å². The van der Waals surface area contributed by atoms with Crippen molar-refractivity contribution in [3.05, 3.63) is 41.0 Å². The van der Waals surface area contributed by atoms with Crippen LogP contribution in [-0.2, 0) is 0 Å². The third-order valence-corrected chi connectivity index (χ3v) is 3.31. The van der Waals surface area contributed by atoms with Crippen LogP contribution in [0.25, 0.3) is 5.57 Å². The fraction of sp³-hybridized carbons (Fsp3) is 0.467. The van der Waals surface area contributed by atoms with E-state index in [4.69, 9.17) is 0 Å². The van der Waals surface area contributed by atoms with Crippen LogP contribution in [0.15, 0.2) is 18.2 Å². The first kappa shape index (κ1) is 13.2. The van der Waals surface area contributed by atoms with E-state index < -0.39 is 11.6 Å². The van der Waals surface area contributed by atoms with E-state index in [9.17, 15) is 8.78 Å². The number of aryl methyl sites for hydroxylation is 1. The second-order valence-electron chi connectivity index (χ2n) is 4.96. The van der Waals surface area contributed by atoms with E-state index in [1.807, 2.05) is 13.0 Å². The zero-order valence-corrected chi connectivity index (χ0v) is 10.9. The van der Waals surface area contributed by atoms with Crippen molar-refractivity contribution in [3.8, 4) is 0 Å². The Balaban J connectivity index is 2.00. The zero-order chi connectivity index (χ0) is 13.1. The summed E-state index contributed by atoms with van der Waals surface area (Å²) >= 11 is 0. The molecule has 1 aliphatic carbocycles. The van der Waals surface area contributed by atoms with Gasteiger partial charge in [0.2, 0.25) is 0 Å². The van der Waals surface area contributed by atoms with Crippen molar-refractivity contribution in [2.75, 3.05) is 6.54 Å². The van der Waals surface area contributed by atoms with Crippen LogP contribution in [0.4, 0.5) is 8.78 Å². The minimum Gasteiger partial charge on any atom is -0.314 e. The summed E-state index contributed by atoms with van der Waals surface area (Å²) in [5, 5.41) is 3.39. The molecule has 0 heterocycles. The summed E-state index contributed by atoms with van der Waals surface area (Å²) in [6, 6.07) is 3.95. The first-order chi connectivity index (χ1) is 8.59. The Kier molecular flexibility index (Phi) is 4.12. The lowest BCUT2D eigenvalue weighted by molar-refractivity contribution is 0.501. The van der Waals surface area contributed by atoms with E-state index in [-0.39, 0.29) is 0 Å². The molecule has 0 unspecified atom stereocenters. The van der Waals surface area contributed by atoms with Gasteiger partial charge in [0.1, 0.15) is 0 Å². The van der Waals surface area contributed by atoms with Gasteiger partial charge in [-0.2, -0.15) is 0 Å². The number of benzene rings is 1. The Labute approximate surface area is 107 Å². The highest BCUT2D eigenvalue weighted by Gasteiger charge is 2.19. The van der Waals surface area contributed by atoms with Crippen molar-refractivity contribution >= 4 is 5.57 Å². The molecule has 1 aromatic carbocycles. The lowest BCUT2D eigenvalue weighted by Crippen LogP contribution is -2.16. The second kappa shape index (κ2) is 5.61. The van der Waals surface area contributed by atoms with Crippen LogP contribution in [0.1, 0.15) is 37.3 Å². The number of hydrogen-bond acceptors (Lipinski definition) is 1. The molecule has 2 rings (SSSR count). The molecule has 0 aliphatic heterocycles. The standard InChI is InChI=1S/C15H19F2N/c1-10(4-3-9-18-12-6-7-12)13-8-5-11(2)14(16)15(13)17/h4-5,8,12,18H,3,6-7,9H2,1-2H3/b10-4-. The molecule has 0 atom stereocenters. The molecule has 1 fully saturated rings. The molecule has 98 valence electrons. The number of nitrogens with one attached hydrogen (secondary N) is 1. The fourth-order valence-electron chi connectivity index (χ4n) is 1.92. The van der Waals surface area contributed by atoms with Crippen LogP contribution < -0.4 is 5.32 Å². The summed E-state index contributed by atoms with van der Waals surface area (Å²) in [4.78, 5) is 0. The van der Waals surface area contributed by atoms with E-state index in [2.05, 4.69) is 5.32 Å². The summed E-state index contributed by atoms with van der Waals surface area (Å²) < 4.78 is 27.2. The highest BCUT2D eigenvalue weighted by atomic mass is 19.2. The van der Waals surface area contributed by atoms with E-state index in [0.717, 1.165) is 18.5 Å². The van der Waals surface area contributed by atoms with Crippen LogP contribution in [0.3, 0.4) is 0 Å². The zero-order valence-electron chi connectivity index (χ0n) is 10.9. The van der Waals surface area contributed by atoms with Crippen LogP contribution in [0.5, 0.6) is 0 Å². The number of halogens is 2. The first-order valence-electron chi connectivity index (χ1n) is 6.44. The molecule has 0 bridgehead atoms. The maximum atomic E-state index is 13.7. The molecule has 0 aromatic heterocycles. The first-order valence-corrected chi connectivity index (χ1v) is 6.44. The molecule has 1 saturated carbocycles. The fourth-order valence-corrected chi connectivity index (χ4v) is 1.92. The van der Waals surface area contributed by atoms with Crippen LogP contribution in [0, 0.1) is 18.6 Å². The van der Waals surface area contributed by atoms with E-state index in [1.54, 1.807) is 19.1 Å². The Morgan fingerprint density at radius 3 is 2.72 bits per heavy atom. The summed E-state index contributed by atoms with van der Waals surface area (Å²) in [7, 11) is 0. The minimum absolute atomic E-state index is 0.347. The molecule has 1 aromatic rings. The normalized spacial score (nSPS) is 16.1. The van der Waals surface area contributed by atoms with Crippen molar-refractivity contribution < 1.29 is 8.78 Å². The van der Waals surface area contributed by atoms with Crippen molar-refractivity contribution in [1.29, 1.82) is 0 Å². The largest absolute Gasteiger partial charge is 0.314 e. The lowest BCUT2D eigenvalue weighted by Gasteiger charge is -2.07. The molecule has 0 saturated heterocycles. The molecule has 1 aliphatic rings. The topological polar surface area (TPSA) is 12.0 Å². The average Bonchev–Trinajstić information content (AvgIpc) is 3.15. The van der Waals surface area contributed by atoms with Crippen molar-refractivity contribution in [1.82, 2.24) is 5.32 Å². The molecule has 18 heavy (non-hydrogen) atoms. The number of rotatable bonds is 5. The molecule has 1 nitrogen and oxygen atoms in total. The quantitative estimate of drug-likeness (QED) is 0.784. The average molecular weight is 251 g/mol. The van der Waals surface area contributed by atoms with Crippen LogP contribution in [0.2, 0.25) is 0 Å². The van der Waals surface area contributed by atoms with Gasteiger partial charge in [-0.05, 0) is 50.8 Å². The SMILES string of the molecule is C/C(=C/CCNC1CC1)c1ccc(C)c(F)c1F. The number of allylic oxidation sites excluding steroid dienone is 1. The van der Waals surface area contributed by atoms with Gasteiger partial charge in [0.25, 0.3) is 0 Å². The summed E-state index contributed by atoms with van der Waals surface area (Å²) in [6.45, 7) is 4.29. The highest BCUT2D eigenvalue weighted by Crippen LogP contribution is 2.23. The van der Waals surface area contributed by atoms with Crippen molar-refractivity contribution in [2.45, 2.75) is 39.2 Å². The maximum absolute atomic E-state index is 13.7. The summed E-state index contributed by atoms with van der Waals surface area (Å²) in [5.74, 6) is -1.48. The predicted molar refractivity (Wildman–Crippen MR) is 70.4 cm³/mol. The van der Waals surface area contributed by atoms with Gasteiger partial charge in [0, 0.05) is 11.6 Å². The van der Waals surface area contributed by atoms with Crippen LogP contribution >= 0.6 is 0 Å². The highest BCUT2D eigenvalue weighted by molar-refractivity contribution is 5.64. The van der Waals surface area contributed by atoms with Gasteiger partial charge >= 0.3 is 0 Å². The number of hydrogen-bond donors (Lipinski definition) is 1. The van der Waals surface area contributed by atoms with Gasteiger partial charge in [-0.3, -0.25) is 0 Å².